The van der Waals surface area contributed by atoms with Crippen molar-refractivity contribution in [1.82, 2.24) is 10.2 Å². The highest BCUT2D eigenvalue weighted by atomic mass is 35.5. The summed E-state index contributed by atoms with van der Waals surface area (Å²) in [5, 5.41) is 9.40. The van der Waals surface area contributed by atoms with Gasteiger partial charge in [0.1, 0.15) is 11.5 Å². The molecular formula is C10H9ClN2O2. The minimum absolute atomic E-state index is 0.104. The van der Waals surface area contributed by atoms with Crippen LogP contribution in [0, 0.1) is 0 Å². The van der Waals surface area contributed by atoms with E-state index in [0.717, 1.165) is 10.8 Å². The number of alkyl halides is 1. The van der Waals surface area contributed by atoms with Gasteiger partial charge in [0.2, 0.25) is 0 Å². The molecule has 1 heterocycles. The number of nitrogens with zero attached hydrogens (tertiary/aromatic N) is 2. The van der Waals surface area contributed by atoms with Crippen LogP contribution < -0.4 is 9.47 Å². The number of halogens is 1. The molecule has 0 N–H and O–H groups in total. The van der Waals surface area contributed by atoms with Gasteiger partial charge >= 0.3 is 0 Å². The number of aromatic nitrogens is 2. The molecule has 4 nitrogen and oxygen atoms in total. The number of hydrogen-bond acceptors (Lipinski definition) is 4. The molecule has 0 saturated heterocycles. The Morgan fingerprint density at radius 1 is 1.27 bits per heavy atom. The molecular weight excluding hydrogens is 216 g/mol. The molecule has 0 saturated carbocycles. The predicted octanol–water partition coefficient (Wildman–Crippen LogP) is 2.21. The lowest BCUT2D eigenvalue weighted by molar-refractivity contribution is 0.379. The first-order chi connectivity index (χ1) is 7.35. The van der Waals surface area contributed by atoms with Crippen molar-refractivity contribution in [2.24, 2.45) is 0 Å². The zero-order valence-electron chi connectivity index (χ0n) is 8.11. The largest absolute Gasteiger partial charge is 0.496 e. The maximum Gasteiger partial charge on any atom is 0.162 e. The van der Waals surface area contributed by atoms with Crippen LogP contribution >= 0.6 is 11.6 Å². The third-order valence-electron chi connectivity index (χ3n) is 2.04. The third kappa shape index (κ3) is 1.94. The summed E-state index contributed by atoms with van der Waals surface area (Å²) < 4.78 is 10.4. The van der Waals surface area contributed by atoms with E-state index in [1.807, 2.05) is 6.07 Å². The lowest BCUT2D eigenvalue weighted by Crippen LogP contribution is -1.92. The molecule has 0 bridgehead atoms. The van der Waals surface area contributed by atoms with Crippen LogP contribution in [0.5, 0.6) is 11.5 Å². The third-order valence-corrected chi connectivity index (χ3v) is 2.15. The van der Waals surface area contributed by atoms with Gasteiger partial charge < -0.3 is 9.47 Å². The lowest BCUT2D eigenvalue weighted by atomic mass is 10.2. The topological polar surface area (TPSA) is 44.2 Å². The standard InChI is InChI=1S/C10H9ClN2O2/c1-14-10-3-8(15-6-11)2-7-4-12-13-5-9(7)10/h2-5H,6H2,1H3. The number of fused-ring (bicyclic) bond motifs is 1. The SMILES string of the molecule is COc1cc(OCCl)cc2cnncc12. The first kappa shape index (κ1) is 9.98. The van der Waals surface area contributed by atoms with Crippen LogP contribution in [0.15, 0.2) is 24.5 Å². The quantitative estimate of drug-likeness (QED) is 0.750. The number of benzene rings is 1. The fourth-order valence-corrected chi connectivity index (χ4v) is 1.49. The Labute approximate surface area is 91.8 Å². The van der Waals surface area contributed by atoms with Gasteiger partial charge in [-0.1, -0.05) is 11.6 Å². The van der Waals surface area contributed by atoms with Gasteiger partial charge in [-0.05, 0) is 6.07 Å². The van der Waals surface area contributed by atoms with Gasteiger partial charge in [0.15, 0.2) is 6.07 Å². The Morgan fingerprint density at radius 3 is 2.80 bits per heavy atom. The van der Waals surface area contributed by atoms with Gasteiger partial charge in [0.05, 0.1) is 19.5 Å². The van der Waals surface area contributed by atoms with Gasteiger partial charge in [0.25, 0.3) is 0 Å². The normalized spacial score (nSPS) is 10.3. The van der Waals surface area contributed by atoms with Gasteiger partial charge in [-0.3, -0.25) is 0 Å². The zero-order chi connectivity index (χ0) is 10.7. The molecule has 2 rings (SSSR count). The fraction of sp³-hybridized carbons (Fsp3) is 0.200. The van der Waals surface area contributed by atoms with Crippen molar-refractivity contribution >= 4 is 22.4 Å². The van der Waals surface area contributed by atoms with Gasteiger partial charge in [0, 0.05) is 16.8 Å². The van der Waals surface area contributed by atoms with Crippen LogP contribution in [0.4, 0.5) is 0 Å². The summed E-state index contributed by atoms with van der Waals surface area (Å²) in [5.74, 6) is 1.35. The van der Waals surface area contributed by atoms with Gasteiger partial charge in [-0.25, -0.2) is 0 Å². The monoisotopic (exact) mass is 224 g/mol. The Morgan fingerprint density at radius 2 is 2.07 bits per heavy atom. The minimum Gasteiger partial charge on any atom is -0.496 e. The smallest absolute Gasteiger partial charge is 0.162 e. The highest BCUT2D eigenvalue weighted by Gasteiger charge is 2.05. The maximum atomic E-state index is 5.49. The molecule has 0 fully saturated rings. The van der Waals surface area contributed by atoms with E-state index in [4.69, 9.17) is 21.1 Å². The van der Waals surface area contributed by atoms with E-state index in [1.165, 1.54) is 0 Å². The molecule has 78 valence electrons. The van der Waals surface area contributed by atoms with E-state index >= 15 is 0 Å². The van der Waals surface area contributed by atoms with E-state index in [1.54, 1.807) is 25.6 Å². The molecule has 0 radical (unpaired) electrons. The fourth-order valence-electron chi connectivity index (χ4n) is 1.37. The first-order valence-electron chi connectivity index (χ1n) is 4.32. The molecule has 5 heteroatoms. The Hall–Kier alpha value is -1.55. The van der Waals surface area contributed by atoms with Gasteiger partial charge in [-0.15, -0.1) is 0 Å². The minimum atomic E-state index is 0.104. The molecule has 1 aromatic heterocycles. The summed E-state index contributed by atoms with van der Waals surface area (Å²) in [6.07, 6.45) is 3.30. The lowest BCUT2D eigenvalue weighted by Gasteiger charge is -2.08. The van der Waals surface area contributed by atoms with E-state index < -0.39 is 0 Å². The van der Waals surface area contributed by atoms with Crippen LogP contribution in [0.2, 0.25) is 0 Å². The molecule has 1 aromatic carbocycles. The van der Waals surface area contributed by atoms with Crippen LogP contribution in [0.1, 0.15) is 0 Å². The van der Waals surface area contributed by atoms with Crippen LogP contribution in [0.25, 0.3) is 10.8 Å². The molecule has 0 aliphatic heterocycles. The summed E-state index contributed by atoms with van der Waals surface area (Å²) >= 11 is 5.49. The van der Waals surface area contributed by atoms with Crippen molar-refractivity contribution in [2.75, 3.05) is 13.2 Å². The maximum absolute atomic E-state index is 5.49. The number of rotatable bonds is 3. The molecule has 0 unspecified atom stereocenters. The molecule has 0 atom stereocenters. The Kier molecular flexibility index (Phi) is 2.87. The van der Waals surface area contributed by atoms with Crippen molar-refractivity contribution in [2.45, 2.75) is 0 Å². The van der Waals surface area contributed by atoms with Gasteiger partial charge in [-0.2, -0.15) is 10.2 Å². The van der Waals surface area contributed by atoms with Crippen LogP contribution in [-0.4, -0.2) is 23.4 Å². The summed E-state index contributed by atoms with van der Waals surface area (Å²) in [7, 11) is 1.60. The van der Waals surface area contributed by atoms with Crippen molar-refractivity contribution in [3.05, 3.63) is 24.5 Å². The molecule has 0 amide bonds. The second-order valence-corrected chi connectivity index (χ2v) is 3.09. The van der Waals surface area contributed by atoms with E-state index in [0.29, 0.717) is 11.5 Å². The Bertz CT molecular complexity index is 476. The van der Waals surface area contributed by atoms with Crippen molar-refractivity contribution in [3.8, 4) is 11.5 Å². The summed E-state index contributed by atoms with van der Waals surface area (Å²) in [4.78, 5) is 0. The predicted molar refractivity (Wildman–Crippen MR) is 57.4 cm³/mol. The highest BCUT2D eigenvalue weighted by molar-refractivity contribution is 6.17. The molecule has 0 spiro atoms. The number of hydrogen-bond donors (Lipinski definition) is 0. The number of methoxy groups -OCH3 is 1. The second-order valence-electron chi connectivity index (χ2n) is 2.87. The molecule has 15 heavy (non-hydrogen) atoms. The van der Waals surface area contributed by atoms with E-state index in [2.05, 4.69) is 10.2 Å². The van der Waals surface area contributed by atoms with Crippen LogP contribution in [0.3, 0.4) is 0 Å². The first-order valence-corrected chi connectivity index (χ1v) is 4.86. The zero-order valence-corrected chi connectivity index (χ0v) is 8.86. The van der Waals surface area contributed by atoms with Crippen molar-refractivity contribution < 1.29 is 9.47 Å². The second kappa shape index (κ2) is 4.31. The Balaban J connectivity index is 2.60. The molecule has 0 aliphatic rings. The summed E-state index contributed by atoms with van der Waals surface area (Å²) in [5.41, 5.74) is 0. The molecule has 2 aromatic rings. The van der Waals surface area contributed by atoms with E-state index in [-0.39, 0.29) is 6.07 Å². The summed E-state index contributed by atoms with van der Waals surface area (Å²) in [6, 6.07) is 3.72. The average molecular weight is 225 g/mol. The van der Waals surface area contributed by atoms with Crippen LogP contribution in [-0.2, 0) is 0 Å². The molecule has 0 aliphatic carbocycles. The summed E-state index contributed by atoms with van der Waals surface area (Å²) in [6.45, 7) is 0. The number of ether oxygens (including phenoxy) is 2. The highest BCUT2D eigenvalue weighted by Crippen LogP contribution is 2.29. The van der Waals surface area contributed by atoms with Crippen molar-refractivity contribution in [3.63, 3.8) is 0 Å². The van der Waals surface area contributed by atoms with E-state index in [9.17, 15) is 0 Å². The van der Waals surface area contributed by atoms with Crippen molar-refractivity contribution in [1.29, 1.82) is 0 Å². The average Bonchev–Trinajstić information content (AvgIpc) is 2.28.